The highest BCUT2D eigenvalue weighted by Gasteiger charge is 2.10. The molecule has 0 unspecified atom stereocenters. The molecular formula is C28H22N4O2. The fraction of sp³-hybridized carbons (Fsp3) is 0.0357. The number of aromatic nitrogens is 1. The van der Waals surface area contributed by atoms with Gasteiger partial charge in [0.15, 0.2) is 5.84 Å². The Morgan fingerprint density at radius 3 is 2.47 bits per heavy atom. The first-order valence-electron chi connectivity index (χ1n) is 10.8. The molecule has 1 heterocycles. The second-order valence-corrected chi connectivity index (χ2v) is 7.61. The molecule has 0 aliphatic carbocycles. The average molecular weight is 447 g/mol. The maximum absolute atomic E-state index is 10.4. The van der Waals surface area contributed by atoms with Crippen LogP contribution in [0.4, 0.5) is 5.69 Å². The number of para-hydroxylation sites is 3. The molecule has 0 amide bonds. The van der Waals surface area contributed by atoms with E-state index in [1.54, 1.807) is 19.4 Å². The van der Waals surface area contributed by atoms with E-state index in [0.29, 0.717) is 28.5 Å². The number of hydrazone groups is 1. The highest BCUT2D eigenvalue weighted by Crippen LogP contribution is 2.27. The van der Waals surface area contributed by atoms with Crippen LogP contribution in [0.3, 0.4) is 0 Å². The molecule has 0 spiro atoms. The number of phenolic OH excluding ortho intramolecular Hbond substituents is 1. The number of hydrogen-bond acceptors (Lipinski definition) is 5. The molecule has 0 radical (unpaired) electrons. The van der Waals surface area contributed by atoms with E-state index in [4.69, 9.17) is 14.7 Å². The molecule has 0 saturated carbocycles. The lowest BCUT2D eigenvalue weighted by molar-refractivity contribution is 0.416. The lowest BCUT2D eigenvalue weighted by atomic mass is 10.0. The van der Waals surface area contributed by atoms with Crippen molar-refractivity contribution in [2.75, 3.05) is 7.11 Å². The van der Waals surface area contributed by atoms with Crippen molar-refractivity contribution in [2.45, 2.75) is 0 Å². The van der Waals surface area contributed by atoms with E-state index in [2.05, 4.69) is 10.5 Å². The summed E-state index contributed by atoms with van der Waals surface area (Å²) in [6.45, 7) is 0. The molecule has 4 aromatic carbocycles. The van der Waals surface area contributed by atoms with Gasteiger partial charge in [-0.3, -0.25) is 5.43 Å². The Kier molecular flexibility index (Phi) is 5.86. The van der Waals surface area contributed by atoms with E-state index in [1.165, 1.54) is 0 Å². The van der Waals surface area contributed by atoms with Crippen LogP contribution in [0.25, 0.3) is 21.7 Å². The molecule has 0 fully saturated rings. The van der Waals surface area contributed by atoms with Crippen molar-refractivity contribution in [3.05, 3.63) is 108 Å². The quantitative estimate of drug-likeness (QED) is 0.203. The monoisotopic (exact) mass is 446 g/mol. The van der Waals surface area contributed by atoms with Gasteiger partial charge in [-0.05, 0) is 41.1 Å². The Labute approximate surface area is 196 Å². The molecule has 0 saturated heterocycles. The van der Waals surface area contributed by atoms with Crippen molar-refractivity contribution in [1.82, 2.24) is 10.4 Å². The minimum Gasteiger partial charge on any atom is -0.507 e. The molecule has 5 rings (SSSR count). The van der Waals surface area contributed by atoms with E-state index in [9.17, 15) is 5.11 Å². The Morgan fingerprint density at radius 2 is 1.59 bits per heavy atom. The fourth-order valence-corrected chi connectivity index (χ4v) is 3.76. The largest absolute Gasteiger partial charge is 0.507 e. The zero-order valence-corrected chi connectivity index (χ0v) is 18.5. The highest BCUT2D eigenvalue weighted by molar-refractivity contribution is 6.04. The van der Waals surface area contributed by atoms with Crippen LogP contribution < -0.4 is 10.2 Å². The summed E-state index contributed by atoms with van der Waals surface area (Å²) < 4.78 is 5.46. The van der Waals surface area contributed by atoms with Gasteiger partial charge in [-0.25, -0.2) is 9.98 Å². The van der Waals surface area contributed by atoms with Crippen LogP contribution in [-0.2, 0) is 0 Å². The molecule has 1 aromatic heterocycles. The van der Waals surface area contributed by atoms with E-state index in [1.807, 2.05) is 91.0 Å². The second kappa shape index (κ2) is 9.42. The zero-order valence-electron chi connectivity index (χ0n) is 18.5. The van der Waals surface area contributed by atoms with Gasteiger partial charge in [0.25, 0.3) is 0 Å². The maximum Gasteiger partial charge on any atom is 0.173 e. The van der Waals surface area contributed by atoms with Crippen LogP contribution in [0.5, 0.6) is 11.5 Å². The van der Waals surface area contributed by atoms with Crippen LogP contribution in [0.1, 0.15) is 11.3 Å². The standard InChI is InChI=1S/C28H22N4O2/c1-34-27-13-7-6-12-24(27)31-28(25-16-14-20-9-3-5-11-23(20)30-25)32-29-18-22-21-10-4-2-8-19(21)15-17-26(22)33/h2-18,33H,1H3,(H,31,32). The van der Waals surface area contributed by atoms with Crippen LogP contribution in [0, 0.1) is 0 Å². The van der Waals surface area contributed by atoms with Crippen LogP contribution in [-0.4, -0.2) is 29.3 Å². The number of nitrogens with one attached hydrogen (secondary N) is 1. The molecule has 166 valence electrons. The van der Waals surface area contributed by atoms with E-state index in [-0.39, 0.29) is 5.75 Å². The topological polar surface area (TPSA) is 79.1 Å². The Balaban J connectivity index is 1.56. The molecular weight excluding hydrogens is 424 g/mol. The molecule has 2 N–H and O–H groups in total. The summed E-state index contributed by atoms with van der Waals surface area (Å²) in [6.07, 6.45) is 1.59. The molecule has 6 heteroatoms. The molecule has 0 aliphatic heterocycles. The SMILES string of the molecule is COc1ccccc1N=C(NN=Cc1c(O)ccc2ccccc12)c1ccc2ccccc2n1. The van der Waals surface area contributed by atoms with Crippen LogP contribution in [0.2, 0.25) is 0 Å². The minimum atomic E-state index is 0.149. The van der Waals surface area contributed by atoms with Crippen molar-refractivity contribution >= 4 is 39.4 Å². The predicted molar refractivity (Wildman–Crippen MR) is 137 cm³/mol. The highest BCUT2D eigenvalue weighted by atomic mass is 16.5. The maximum atomic E-state index is 10.4. The molecule has 34 heavy (non-hydrogen) atoms. The number of benzene rings is 4. The first-order valence-corrected chi connectivity index (χ1v) is 10.8. The van der Waals surface area contributed by atoms with Gasteiger partial charge in [0, 0.05) is 10.9 Å². The Morgan fingerprint density at radius 1 is 0.853 bits per heavy atom. The number of pyridine rings is 1. The average Bonchev–Trinajstić information content (AvgIpc) is 2.89. The number of aliphatic imine (C=N–C) groups is 1. The summed E-state index contributed by atoms with van der Waals surface area (Å²) in [4.78, 5) is 9.53. The number of nitrogens with zero attached hydrogens (tertiary/aromatic N) is 3. The van der Waals surface area contributed by atoms with Crippen molar-refractivity contribution in [3.63, 3.8) is 0 Å². The molecule has 5 aromatic rings. The number of hydrogen-bond donors (Lipinski definition) is 2. The molecule has 0 atom stereocenters. The third-order valence-corrected chi connectivity index (χ3v) is 5.47. The number of amidine groups is 1. The van der Waals surface area contributed by atoms with Gasteiger partial charge in [0.1, 0.15) is 22.9 Å². The summed E-state index contributed by atoms with van der Waals surface area (Å²) in [5, 5.41) is 17.8. The van der Waals surface area contributed by atoms with Crippen molar-refractivity contribution in [3.8, 4) is 11.5 Å². The van der Waals surface area contributed by atoms with Gasteiger partial charge in [0.05, 0.1) is 18.8 Å². The van der Waals surface area contributed by atoms with E-state index < -0.39 is 0 Å². The second-order valence-electron chi connectivity index (χ2n) is 7.61. The summed E-state index contributed by atoms with van der Waals surface area (Å²) in [6, 6.07) is 30.7. The predicted octanol–water partition coefficient (Wildman–Crippen LogP) is 5.80. The van der Waals surface area contributed by atoms with Gasteiger partial charge >= 0.3 is 0 Å². The van der Waals surface area contributed by atoms with E-state index >= 15 is 0 Å². The number of rotatable bonds is 5. The summed E-state index contributed by atoms with van der Waals surface area (Å²) in [5.74, 6) is 1.24. The minimum absolute atomic E-state index is 0.149. The summed E-state index contributed by atoms with van der Waals surface area (Å²) in [7, 11) is 1.61. The van der Waals surface area contributed by atoms with Gasteiger partial charge in [-0.15, -0.1) is 0 Å². The van der Waals surface area contributed by atoms with Crippen LogP contribution >= 0.6 is 0 Å². The molecule has 0 aliphatic rings. The van der Waals surface area contributed by atoms with Gasteiger partial charge in [-0.1, -0.05) is 66.7 Å². The fourth-order valence-electron chi connectivity index (χ4n) is 3.76. The number of methoxy groups -OCH3 is 1. The summed E-state index contributed by atoms with van der Waals surface area (Å²) in [5.41, 5.74) is 5.78. The van der Waals surface area contributed by atoms with Gasteiger partial charge in [-0.2, -0.15) is 5.10 Å². The number of phenols is 1. The normalized spacial score (nSPS) is 11.9. The lowest BCUT2D eigenvalue weighted by Crippen LogP contribution is -2.20. The summed E-state index contributed by atoms with van der Waals surface area (Å²) >= 11 is 0. The Bertz CT molecular complexity index is 1540. The zero-order chi connectivity index (χ0) is 23.3. The first-order chi connectivity index (χ1) is 16.7. The smallest absolute Gasteiger partial charge is 0.173 e. The first kappa shape index (κ1) is 21.2. The van der Waals surface area contributed by atoms with Crippen molar-refractivity contribution in [2.24, 2.45) is 10.1 Å². The van der Waals surface area contributed by atoms with Crippen LogP contribution in [0.15, 0.2) is 107 Å². The third kappa shape index (κ3) is 4.29. The molecule has 6 nitrogen and oxygen atoms in total. The van der Waals surface area contributed by atoms with Gasteiger partial charge < -0.3 is 9.84 Å². The third-order valence-electron chi connectivity index (χ3n) is 5.47. The molecule has 0 bridgehead atoms. The number of ether oxygens (including phenoxy) is 1. The Hall–Kier alpha value is -4.71. The van der Waals surface area contributed by atoms with Crippen molar-refractivity contribution in [1.29, 1.82) is 0 Å². The van der Waals surface area contributed by atoms with Gasteiger partial charge in [0.2, 0.25) is 0 Å². The number of fused-ring (bicyclic) bond motifs is 2. The lowest BCUT2D eigenvalue weighted by Gasteiger charge is -2.09. The van der Waals surface area contributed by atoms with Crippen molar-refractivity contribution < 1.29 is 9.84 Å². The number of aromatic hydroxyl groups is 1. The van der Waals surface area contributed by atoms with E-state index in [0.717, 1.165) is 21.7 Å².